The Morgan fingerprint density at radius 2 is 1.53 bits per heavy atom. The molecule has 0 spiro atoms. The van der Waals surface area contributed by atoms with Crippen LogP contribution in [0.1, 0.15) is 41.6 Å². The zero-order valence-electron chi connectivity index (χ0n) is 38.9. The maximum Gasteiger partial charge on any atom is 0.293 e. The predicted molar refractivity (Wildman–Crippen MR) is 257 cm³/mol. The zero-order chi connectivity index (χ0) is 49.0. The van der Waals surface area contributed by atoms with E-state index in [4.69, 9.17) is 49.7 Å². The minimum absolute atomic E-state index is 0.0657. The summed E-state index contributed by atoms with van der Waals surface area (Å²) in [5.74, 6) is 1.43. The van der Waals surface area contributed by atoms with Gasteiger partial charge in [0.2, 0.25) is 17.8 Å². The van der Waals surface area contributed by atoms with E-state index in [2.05, 4.69) is 25.8 Å². The molecule has 0 radical (unpaired) electrons. The van der Waals surface area contributed by atoms with E-state index in [1.165, 1.54) is 16.5 Å². The Hall–Kier alpha value is -7.00. The molecule has 3 aliphatic rings. The number of amides is 4. The van der Waals surface area contributed by atoms with Crippen molar-refractivity contribution < 1.29 is 52.3 Å². The molecule has 0 aliphatic carbocycles. The highest BCUT2D eigenvalue weighted by Crippen LogP contribution is 2.32. The van der Waals surface area contributed by atoms with Gasteiger partial charge in [-0.05, 0) is 79.4 Å². The first kappa shape index (κ1) is 49.4. The first-order valence-corrected chi connectivity index (χ1v) is 23.5. The number of aromatic nitrogens is 3. The molecule has 1 atom stereocenters. The third-order valence-corrected chi connectivity index (χ3v) is 12.2. The van der Waals surface area contributed by atoms with Gasteiger partial charge in [0.15, 0.2) is 29.7 Å². The van der Waals surface area contributed by atoms with Crippen molar-refractivity contribution in [1.82, 2.24) is 30.1 Å². The Morgan fingerprint density at radius 3 is 2.27 bits per heavy atom. The van der Waals surface area contributed by atoms with E-state index in [1.807, 2.05) is 42.5 Å². The molecule has 3 aliphatic heterocycles. The van der Waals surface area contributed by atoms with Gasteiger partial charge in [-0.3, -0.25) is 29.3 Å². The Bertz CT molecular complexity index is 2750. The highest BCUT2D eigenvalue weighted by atomic mass is 35.5. The van der Waals surface area contributed by atoms with Crippen LogP contribution in [0, 0.1) is 0 Å². The molecule has 8 rings (SSSR count). The summed E-state index contributed by atoms with van der Waals surface area (Å²) in [6, 6.07) is 19.0. The SMILES string of the molecule is CNC(=O)COc1cc2cc(Nc3nc(N4CCC(OCCOCCOCCOc5ccccc5OCCOc5ccc6c(c5)CN(C5CCC(=O)NC5=O)C6=O)CC4)ncc3Cl)ccc2n(C)c1=O. The molecular weight excluding hydrogens is 928 g/mol. The number of para-hydroxylation sites is 2. The number of halogens is 1. The van der Waals surface area contributed by atoms with Gasteiger partial charge in [0.1, 0.15) is 36.6 Å². The van der Waals surface area contributed by atoms with Gasteiger partial charge in [0.05, 0.1) is 50.9 Å². The summed E-state index contributed by atoms with van der Waals surface area (Å²) in [6.45, 7) is 4.29. The molecule has 3 aromatic carbocycles. The monoisotopic (exact) mass is 982 g/mol. The van der Waals surface area contributed by atoms with Crippen LogP contribution in [0.25, 0.3) is 10.9 Å². The molecule has 0 bridgehead atoms. The van der Waals surface area contributed by atoms with Gasteiger partial charge < -0.3 is 58.2 Å². The number of hydrogen-bond donors (Lipinski definition) is 3. The molecule has 2 aromatic heterocycles. The van der Waals surface area contributed by atoms with Crippen molar-refractivity contribution in [3.8, 4) is 23.0 Å². The Kier molecular flexibility index (Phi) is 16.6. The van der Waals surface area contributed by atoms with E-state index in [0.29, 0.717) is 110 Å². The molecule has 21 heteroatoms. The van der Waals surface area contributed by atoms with Crippen molar-refractivity contribution >= 4 is 63.6 Å². The van der Waals surface area contributed by atoms with Gasteiger partial charge in [-0.15, -0.1) is 0 Å². The molecule has 0 saturated carbocycles. The average Bonchev–Trinajstić information content (AvgIpc) is 3.69. The molecule has 5 aromatic rings. The molecule has 2 fully saturated rings. The first-order chi connectivity index (χ1) is 34.0. The Labute approximate surface area is 408 Å². The van der Waals surface area contributed by atoms with Gasteiger partial charge in [-0.2, -0.15) is 4.98 Å². The Balaban J connectivity index is 0.679. The molecule has 3 N–H and O–H groups in total. The number of fused-ring (bicyclic) bond motifs is 2. The summed E-state index contributed by atoms with van der Waals surface area (Å²) in [7, 11) is 3.14. The molecule has 20 nitrogen and oxygen atoms in total. The van der Waals surface area contributed by atoms with E-state index in [-0.39, 0.29) is 67.9 Å². The number of nitrogens with zero attached hydrogens (tertiary/aromatic N) is 5. The van der Waals surface area contributed by atoms with E-state index >= 15 is 0 Å². The van der Waals surface area contributed by atoms with E-state index in [9.17, 15) is 24.0 Å². The number of imide groups is 1. The first-order valence-electron chi connectivity index (χ1n) is 23.1. The number of hydrogen-bond acceptors (Lipinski definition) is 16. The van der Waals surface area contributed by atoms with Crippen LogP contribution in [0.5, 0.6) is 23.0 Å². The fraction of sp³-hybridized carbons (Fsp3) is 0.408. The number of carbonyl (C=O) groups excluding carboxylic acids is 4. The Morgan fingerprint density at radius 1 is 0.814 bits per heavy atom. The van der Waals surface area contributed by atoms with Gasteiger partial charge in [0.25, 0.3) is 17.4 Å². The number of nitrogens with one attached hydrogen (secondary N) is 3. The minimum atomic E-state index is -0.672. The van der Waals surface area contributed by atoms with Crippen molar-refractivity contribution in [2.45, 2.75) is 44.4 Å². The maximum atomic E-state index is 13.0. The highest BCUT2D eigenvalue weighted by molar-refractivity contribution is 6.33. The summed E-state index contributed by atoms with van der Waals surface area (Å²) >= 11 is 6.52. The summed E-state index contributed by atoms with van der Waals surface area (Å²) in [5, 5.41) is 9.14. The number of aryl methyl sites for hydroxylation is 1. The number of piperidine rings is 2. The fourth-order valence-electron chi connectivity index (χ4n) is 8.25. The zero-order valence-corrected chi connectivity index (χ0v) is 39.7. The molecule has 2 saturated heterocycles. The lowest BCUT2D eigenvalue weighted by Crippen LogP contribution is -2.52. The second-order valence-corrected chi connectivity index (χ2v) is 17.0. The standard InChI is InChI=1S/C49H55ClN8O12/c1-51-44(60)30-70-42-27-31-25-33(7-10-38(31)56(2)48(42)63)53-45-37(50)28-52-49(55-45)57-15-13-34(14-16-57)66-21-19-64-17-18-65-20-22-68-40-5-3-4-6-41(40)69-24-23-67-35-8-9-36-32(26-35)29-58(47(36)62)39-11-12-43(59)54-46(39)61/h3-10,25-28,34,39H,11-24,29-30H2,1-2H3,(H,51,60)(H,52,53,55)(H,54,59,61). The van der Waals surface area contributed by atoms with Crippen molar-refractivity contribution in [1.29, 1.82) is 0 Å². The largest absolute Gasteiger partial charge is 0.490 e. The predicted octanol–water partition coefficient (Wildman–Crippen LogP) is 4.17. The number of anilines is 3. The van der Waals surface area contributed by atoms with Crippen LogP contribution in [0.2, 0.25) is 5.02 Å². The van der Waals surface area contributed by atoms with Crippen LogP contribution in [0.4, 0.5) is 17.5 Å². The van der Waals surface area contributed by atoms with Crippen LogP contribution in [0.15, 0.2) is 77.7 Å². The second kappa shape index (κ2) is 23.5. The number of benzene rings is 3. The van der Waals surface area contributed by atoms with E-state index in [0.717, 1.165) is 23.8 Å². The highest BCUT2D eigenvalue weighted by Gasteiger charge is 2.39. The second-order valence-electron chi connectivity index (χ2n) is 16.6. The third-order valence-electron chi connectivity index (χ3n) is 11.9. The van der Waals surface area contributed by atoms with Gasteiger partial charge in [-0.25, -0.2) is 4.98 Å². The maximum absolute atomic E-state index is 13.0. The molecule has 4 amide bonds. The normalized spacial score (nSPS) is 16.0. The number of pyridine rings is 1. The quantitative estimate of drug-likeness (QED) is 0.0617. The van der Waals surface area contributed by atoms with E-state index in [1.54, 1.807) is 37.5 Å². The average molecular weight is 983 g/mol. The van der Waals surface area contributed by atoms with Gasteiger partial charge in [0, 0.05) is 56.8 Å². The van der Waals surface area contributed by atoms with Crippen molar-refractivity contribution in [2.75, 3.05) is 89.8 Å². The molecule has 70 heavy (non-hydrogen) atoms. The third kappa shape index (κ3) is 12.4. The lowest BCUT2D eigenvalue weighted by atomic mass is 10.0. The van der Waals surface area contributed by atoms with Crippen LogP contribution in [-0.4, -0.2) is 135 Å². The van der Waals surface area contributed by atoms with Crippen LogP contribution >= 0.6 is 11.6 Å². The number of likely N-dealkylation sites (N-methyl/N-ethyl adjacent to an activating group) is 1. The number of carbonyl (C=O) groups is 4. The van der Waals surface area contributed by atoms with Crippen molar-refractivity contribution in [2.24, 2.45) is 7.05 Å². The summed E-state index contributed by atoms with van der Waals surface area (Å²) in [4.78, 5) is 74.2. The lowest BCUT2D eigenvalue weighted by Gasteiger charge is -2.32. The lowest BCUT2D eigenvalue weighted by molar-refractivity contribution is -0.137. The number of ether oxygens (including phenoxy) is 7. The van der Waals surface area contributed by atoms with Crippen LogP contribution in [-0.2, 0) is 42.2 Å². The smallest absolute Gasteiger partial charge is 0.293 e. The van der Waals surface area contributed by atoms with Crippen molar-refractivity contribution in [3.63, 3.8) is 0 Å². The van der Waals surface area contributed by atoms with E-state index < -0.39 is 11.9 Å². The minimum Gasteiger partial charge on any atom is -0.490 e. The number of rotatable bonds is 23. The summed E-state index contributed by atoms with van der Waals surface area (Å²) in [5.41, 5.74) is 2.31. The molecule has 370 valence electrons. The molecular formula is C49H55ClN8O12. The molecule has 5 heterocycles. The van der Waals surface area contributed by atoms with Gasteiger partial charge >= 0.3 is 0 Å². The van der Waals surface area contributed by atoms with Crippen LogP contribution in [0.3, 0.4) is 0 Å². The fourth-order valence-corrected chi connectivity index (χ4v) is 8.39. The topological polar surface area (TPSA) is 223 Å². The molecule has 1 unspecified atom stereocenters. The summed E-state index contributed by atoms with van der Waals surface area (Å²) in [6.07, 6.45) is 3.75. The van der Waals surface area contributed by atoms with Crippen LogP contribution < -0.4 is 45.4 Å². The van der Waals surface area contributed by atoms with Gasteiger partial charge in [-0.1, -0.05) is 23.7 Å². The van der Waals surface area contributed by atoms with Crippen molar-refractivity contribution in [3.05, 3.63) is 99.4 Å². The summed E-state index contributed by atoms with van der Waals surface area (Å²) < 4.78 is 42.3.